The highest BCUT2D eigenvalue weighted by molar-refractivity contribution is 9.11. The quantitative estimate of drug-likeness (QED) is 0.305. The topological polar surface area (TPSA) is 0 Å². The maximum Gasteiger partial charge on any atom is 0.200 e. The van der Waals surface area contributed by atoms with Gasteiger partial charge in [0.2, 0.25) is 5.82 Å². The van der Waals surface area contributed by atoms with Crippen LogP contribution >= 0.6 is 15.9 Å². The molecule has 0 radical (unpaired) electrons. The lowest BCUT2D eigenvalue weighted by atomic mass is 10.1. The third-order valence-corrected chi connectivity index (χ3v) is 2.14. The monoisotopic (exact) mass is 312 g/mol. The summed E-state index contributed by atoms with van der Waals surface area (Å²) >= 11 is 2.95. The Bertz CT molecular complexity index is 508. The SMILES string of the molecule is CC(Br)=C=C(C)c1c(F)c(F)c(F)c(F)c1F. The largest absolute Gasteiger partial charge is 0.203 e. The summed E-state index contributed by atoms with van der Waals surface area (Å²) in [7, 11) is 0. The van der Waals surface area contributed by atoms with Crippen LogP contribution in [0.2, 0.25) is 0 Å². The molecule has 0 aliphatic heterocycles. The van der Waals surface area contributed by atoms with Gasteiger partial charge < -0.3 is 0 Å². The molecule has 0 heterocycles. The van der Waals surface area contributed by atoms with E-state index in [0.717, 1.165) is 0 Å². The average molecular weight is 313 g/mol. The minimum Gasteiger partial charge on any atom is -0.203 e. The predicted octanol–water partition coefficient (Wildman–Crippen LogP) is 4.68. The van der Waals surface area contributed by atoms with Crippen molar-refractivity contribution in [3.8, 4) is 0 Å². The van der Waals surface area contributed by atoms with E-state index in [1.807, 2.05) is 0 Å². The Labute approximate surface area is 103 Å². The highest BCUT2D eigenvalue weighted by atomic mass is 79.9. The maximum absolute atomic E-state index is 13.3. The zero-order valence-corrected chi connectivity index (χ0v) is 10.4. The normalized spacial score (nSPS) is 10.1. The molecular weight excluding hydrogens is 307 g/mol. The fraction of sp³-hybridized carbons (Fsp3) is 0.182. The Morgan fingerprint density at radius 3 is 1.53 bits per heavy atom. The molecule has 0 fully saturated rings. The molecule has 0 saturated carbocycles. The first-order chi connectivity index (χ1) is 7.77. The third kappa shape index (κ3) is 2.58. The summed E-state index contributed by atoms with van der Waals surface area (Å²) in [5.41, 5.74) is 1.27. The molecule has 0 amide bonds. The first kappa shape index (κ1) is 13.9. The van der Waals surface area contributed by atoms with Crippen LogP contribution in [0.15, 0.2) is 10.2 Å². The molecule has 0 nitrogen and oxygen atoms in total. The van der Waals surface area contributed by atoms with Crippen LogP contribution in [0.4, 0.5) is 22.0 Å². The smallest absolute Gasteiger partial charge is 0.200 e. The highest BCUT2D eigenvalue weighted by Gasteiger charge is 2.26. The molecule has 1 aromatic carbocycles. The summed E-state index contributed by atoms with van der Waals surface area (Å²) in [5.74, 6) is -9.82. The Kier molecular flexibility index (Phi) is 4.11. The van der Waals surface area contributed by atoms with E-state index in [1.54, 1.807) is 0 Å². The molecule has 0 atom stereocenters. The van der Waals surface area contributed by atoms with E-state index in [1.165, 1.54) is 13.8 Å². The Balaban J connectivity index is 3.73. The third-order valence-electron chi connectivity index (χ3n) is 1.94. The minimum atomic E-state index is -2.17. The summed E-state index contributed by atoms with van der Waals surface area (Å²) in [6.45, 7) is 2.71. The van der Waals surface area contributed by atoms with Crippen molar-refractivity contribution in [1.29, 1.82) is 0 Å². The maximum atomic E-state index is 13.3. The van der Waals surface area contributed by atoms with E-state index in [0.29, 0.717) is 4.48 Å². The summed E-state index contributed by atoms with van der Waals surface area (Å²) in [6, 6.07) is 0. The van der Waals surface area contributed by atoms with Crippen molar-refractivity contribution in [2.45, 2.75) is 13.8 Å². The van der Waals surface area contributed by atoms with Gasteiger partial charge >= 0.3 is 0 Å². The molecule has 0 aliphatic carbocycles. The van der Waals surface area contributed by atoms with Gasteiger partial charge in [-0.2, -0.15) is 0 Å². The van der Waals surface area contributed by atoms with Crippen LogP contribution in [0.1, 0.15) is 19.4 Å². The molecule has 92 valence electrons. The summed E-state index contributed by atoms with van der Waals surface area (Å²) in [5, 5.41) is 0. The molecule has 0 aliphatic rings. The molecule has 0 unspecified atom stereocenters. The van der Waals surface area contributed by atoms with Gasteiger partial charge in [0.05, 0.1) is 5.56 Å². The lowest BCUT2D eigenvalue weighted by Crippen LogP contribution is -2.05. The zero-order chi connectivity index (χ0) is 13.3. The van der Waals surface area contributed by atoms with Gasteiger partial charge in [-0.15, -0.1) is 5.73 Å². The van der Waals surface area contributed by atoms with Crippen LogP contribution in [0, 0.1) is 29.1 Å². The van der Waals surface area contributed by atoms with Gasteiger partial charge in [-0.05, 0) is 29.8 Å². The van der Waals surface area contributed by atoms with Gasteiger partial charge in [0.15, 0.2) is 23.3 Å². The fourth-order valence-electron chi connectivity index (χ4n) is 1.26. The predicted molar refractivity (Wildman–Crippen MR) is 56.9 cm³/mol. The van der Waals surface area contributed by atoms with E-state index in [-0.39, 0.29) is 5.57 Å². The van der Waals surface area contributed by atoms with Crippen molar-refractivity contribution in [2.75, 3.05) is 0 Å². The van der Waals surface area contributed by atoms with Crippen LogP contribution in [-0.4, -0.2) is 0 Å². The number of rotatable bonds is 1. The second-order valence-electron chi connectivity index (χ2n) is 3.23. The van der Waals surface area contributed by atoms with Gasteiger partial charge in [-0.1, -0.05) is 0 Å². The number of hydrogen-bond donors (Lipinski definition) is 0. The first-order valence-corrected chi connectivity index (χ1v) is 5.18. The molecule has 1 aromatic rings. The van der Waals surface area contributed by atoms with Crippen molar-refractivity contribution >= 4 is 21.5 Å². The minimum absolute atomic E-state index is 0.188. The van der Waals surface area contributed by atoms with E-state index < -0.39 is 34.6 Å². The van der Waals surface area contributed by atoms with Crippen molar-refractivity contribution < 1.29 is 22.0 Å². The molecule has 1 rings (SSSR count). The lowest BCUT2D eigenvalue weighted by Gasteiger charge is -2.06. The second kappa shape index (κ2) is 5.02. The average Bonchev–Trinajstić information content (AvgIpc) is 2.23. The summed E-state index contributed by atoms with van der Waals surface area (Å²) in [6.07, 6.45) is 0. The number of halogens is 6. The van der Waals surface area contributed by atoms with Crippen molar-refractivity contribution in [3.63, 3.8) is 0 Å². The Morgan fingerprint density at radius 1 is 0.824 bits per heavy atom. The number of benzene rings is 1. The molecule has 0 saturated heterocycles. The van der Waals surface area contributed by atoms with Gasteiger partial charge in [0.25, 0.3) is 0 Å². The zero-order valence-electron chi connectivity index (χ0n) is 8.77. The first-order valence-electron chi connectivity index (χ1n) is 4.38. The molecule has 6 heteroatoms. The van der Waals surface area contributed by atoms with Gasteiger partial charge in [0, 0.05) is 10.1 Å². The highest BCUT2D eigenvalue weighted by Crippen LogP contribution is 2.28. The van der Waals surface area contributed by atoms with E-state index in [9.17, 15) is 22.0 Å². The Hall–Kier alpha value is -1.13. The molecule has 0 N–H and O–H groups in total. The number of allylic oxidation sites excluding steroid dienone is 1. The molecule has 0 bridgehead atoms. The van der Waals surface area contributed by atoms with Crippen LogP contribution in [0.25, 0.3) is 5.57 Å². The van der Waals surface area contributed by atoms with E-state index in [2.05, 4.69) is 21.7 Å². The van der Waals surface area contributed by atoms with Crippen LogP contribution in [0.3, 0.4) is 0 Å². The van der Waals surface area contributed by atoms with Gasteiger partial charge in [-0.3, -0.25) is 0 Å². The van der Waals surface area contributed by atoms with E-state index >= 15 is 0 Å². The molecule has 0 spiro atoms. The van der Waals surface area contributed by atoms with Crippen molar-refractivity contribution in [1.82, 2.24) is 0 Å². The summed E-state index contributed by atoms with van der Waals surface area (Å²) < 4.78 is 65.5. The summed E-state index contributed by atoms with van der Waals surface area (Å²) in [4.78, 5) is 0. The Morgan fingerprint density at radius 2 is 1.18 bits per heavy atom. The van der Waals surface area contributed by atoms with Gasteiger partial charge in [-0.25, -0.2) is 22.0 Å². The van der Waals surface area contributed by atoms with Crippen LogP contribution < -0.4 is 0 Å². The molecular formula is C11H6BrF5. The molecule has 0 aromatic heterocycles. The van der Waals surface area contributed by atoms with Crippen LogP contribution in [-0.2, 0) is 0 Å². The second-order valence-corrected chi connectivity index (χ2v) is 4.42. The number of hydrogen-bond acceptors (Lipinski definition) is 0. The fourth-order valence-corrected chi connectivity index (χ4v) is 1.55. The van der Waals surface area contributed by atoms with Gasteiger partial charge in [0.1, 0.15) is 0 Å². The molecule has 17 heavy (non-hydrogen) atoms. The standard InChI is InChI=1S/C11H6BrF5/c1-4(3-5(2)12)6-7(13)9(15)11(17)10(16)8(6)14/h1-2H3. The van der Waals surface area contributed by atoms with Crippen molar-refractivity contribution in [3.05, 3.63) is 44.9 Å². The lowest BCUT2D eigenvalue weighted by molar-refractivity contribution is 0.376. The van der Waals surface area contributed by atoms with Crippen LogP contribution in [0.5, 0.6) is 0 Å². The van der Waals surface area contributed by atoms with Crippen molar-refractivity contribution in [2.24, 2.45) is 0 Å². The van der Waals surface area contributed by atoms with E-state index in [4.69, 9.17) is 0 Å².